The Hall–Kier alpha value is -1.81. The van der Waals surface area contributed by atoms with Gasteiger partial charge in [0.2, 0.25) is 0 Å². The molecule has 1 aliphatic rings. The molecule has 19 heavy (non-hydrogen) atoms. The molecule has 0 saturated carbocycles. The van der Waals surface area contributed by atoms with Crippen molar-refractivity contribution in [2.45, 2.75) is 6.10 Å². The molecule has 5 heteroatoms. The molecule has 2 nitrogen and oxygen atoms in total. The van der Waals surface area contributed by atoms with Crippen LogP contribution in [0.15, 0.2) is 36.4 Å². The lowest BCUT2D eigenvalue weighted by Crippen LogP contribution is -2.24. The molecular weight excluding hydrogens is 272 g/mol. The van der Waals surface area contributed by atoms with E-state index in [-0.39, 0.29) is 17.7 Å². The summed E-state index contributed by atoms with van der Waals surface area (Å²) in [6.07, 6.45) is -0.328. The molecule has 1 heterocycles. The van der Waals surface area contributed by atoms with Gasteiger partial charge in [0.05, 0.1) is 17.3 Å². The number of hydrogen-bond donors (Lipinski definition) is 1. The van der Waals surface area contributed by atoms with Crippen LogP contribution in [0.25, 0.3) is 0 Å². The minimum absolute atomic E-state index is 0.317. The van der Waals surface area contributed by atoms with Crippen LogP contribution in [0.3, 0.4) is 0 Å². The molecule has 2 aromatic rings. The van der Waals surface area contributed by atoms with Gasteiger partial charge in [-0.3, -0.25) is 0 Å². The highest BCUT2D eigenvalue weighted by atomic mass is 35.5. The van der Waals surface area contributed by atoms with Gasteiger partial charge < -0.3 is 10.1 Å². The summed E-state index contributed by atoms with van der Waals surface area (Å²) in [5.74, 6) is -0.161. The van der Waals surface area contributed by atoms with Gasteiger partial charge in [0.1, 0.15) is 23.5 Å². The monoisotopic (exact) mass is 281 g/mol. The van der Waals surface area contributed by atoms with Gasteiger partial charge in [0.25, 0.3) is 0 Å². The molecule has 0 aromatic heterocycles. The Kier molecular flexibility index (Phi) is 3.03. The first-order valence-electron chi connectivity index (χ1n) is 5.78. The number of nitrogens with one attached hydrogen (secondary N) is 1. The summed E-state index contributed by atoms with van der Waals surface area (Å²) in [4.78, 5) is 0. The molecule has 3 rings (SSSR count). The zero-order chi connectivity index (χ0) is 13.4. The first kappa shape index (κ1) is 12.2. The van der Waals surface area contributed by atoms with Crippen molar-refractivity contribution in [3.63, 3.8) is 0 Å². The Morgan fingerprint density at radius 3 is 2.63 bits per heavy atom. The third kappa shape index (κ3) is 2.36. The zero-order valence-corrected chi connectivity index (χ0v) is 10.5. The van der Waals surface area contributed by atoms with Crippen molar-refractivity contribution in [3.8, 4) is 5.75 Å². The third-order valence-electron chi connectivity index (χ3n) is 3.00. The molecule has 1 N–H and O–H groups in total. The van der Waals surface area contributed by atoms with Gasteiger partial charge in [-0.15, -0.1) is 0 Å². The maximum absolute atomic E-state index is 13.1. The molecule has 0 spiro atoms. The molecule has 0 amide bonds. The highest BCUT2D eigenvalue weighted by Crippen LogP contribution is 2.36. The van der Waals surface area contributed by atoms with Crippen LogP contribution >= 0.6 is 11.6 Å². The van der Waals surface area contributed by atoms with E-state index in [0.29, 0.717) is 28.6 Å². The lowest BCUT2D eigenvalue weighted by Gasteiger charge is -2.28. The molecule has 1 atom stereocenters. The minimum atomic E-state index is -0.389. The second-order valence-electron chi connectivity index (χ2n) is 4.29. The van der Waals surface area contributed by atoms with Crippen molar-refractivity contribution in [1.29, 1.82) is 0 Å². The van der Waals surface area contributed by atoms with E-state index in [4.69, 9.17) is 16.3 Å². The first-order chi connectivity index (χ1) is 9.13. The lowest BCUT2D eigenvalue weighted by molar-refractivity contribution is 0.210. The summed E-state index contributed by atoms with van der Waals surface area (Å²) in [6, 6.07) is 8.44. The molecule has 0 bridgehead atoms. The van der Waals surface area contributed by atoms with Crippen LogP contribution in [0.4, 0.5) is 14.5 Å². The Bertz CT molecular complexity index is 633. The van der Waals surface area contributed by atoms with E-state index in [1.807, 2.05) is 0 Å². The second kappa shape index (κ2) is 4.70. The number of rotatable bonds is 1. The number of halogens is 3. The van der Waals surface area contributed by atoms with Crippen molar-refractivity contribution in [2.24, 2.45) is 0 Å². The van der Waals surface area contributed by atoms with Crippen molar-refractivity contribution < 1.29 is 13.5 Å². The topological polar surface area (TPSA) is 21.3 Å². The lowest BCUT2D eigenvalue weighted by atomic mass is 10.1. The van der Waals surface area contributed by atoms with E-state index < -0.39 is 0 Å². The average Bonchev–Trinajstić information content (AvgIpc) is 2.38. The van der Waals surface area contributed by atoms with Crippen LogP contribution in [0.1, 0.15) is 11.7 Å². The van der Waals surface area contributed by atoms with Gasteiger partial charge in [-0.1, -0.05) is 17.7 Å². The molecule has 1 unspecified atom stereocenters. The fourth-order valence-corrected chi connectivity index (χ4v) is 2.37. The Labute approximate surface area is 114 Å². The van der Waals surface area contributed by atoms with Gasteiger partial charge in [0, 0.05) is 11.6 Å². The van der Waals surface area contributed by atoms with E-state index in [0.717, 1.165) is 0 Å². The smallest absolute Gasteiger partial charge is 0.143 e. The predicted octanol–water partition coefficient (Wildman–Crippen LogP) is 4.16. The summed E-state index contributed by atoms with van der Waals surface area (Å²) >= 11 is 6.01. The van der Waals surface area contributed by atoms with E-state index in [9.17, 15) is 8.78 Å². The van der Waals surface area contributed by atoms with Crippen LogP contribution < -0.4 is 10.1 Å². The highest BCUT2D eigenvalue weighted by molar-refractivity contribution is 6.31. The van der Waals surface area contributed by atoms with Crippen LogP contribution in [0, 0.1) is 11.6 Å². The minimum Gasteiger partial charge on any atom is -0.482 e. The van der Waals surface area contributed by atoms with Gasteiger partial charge in [-0.05, 0) is 24.3 Å². The Balaban J connectivity index is 1.91. The van der Waals surface area contributed by atoms with Crippen molar-refractivity contribution in [3.05, 3.63) is 58.6 Å². The summed E-state index contributed by atoms with van der Waals surface area (Å²) in [5, 5.41) is 3.39. The molecule has 0 radical (unpaired) electrons. The molecule has 1 aliphatic heterocycles. The van der Waals surface area contributed by atoms with Crippen LogP contribution in [0.5, 0.6) is 5.75 Å². The second-order valence-corrected chi connectivity index (χ2v) is 4.70. The largest absolute Gasteiger partial charge is 0.482 e. The zero-order valence-electron chi connectivity index (χ0n) is 9.79. The molecule has 2 aromatic carbocycles. The number of ether oxygens (including phenoxy) is 1. The molecule has 0 saturated heterocycles. The third-order valence-corrected chi connectivity index (χ3v) is 3.33. The summed E-state index contributed by atoms with van der Waals surface area (Å²) < 4.78 is 31.8. The molecule has 98 valence electrons. The van der Waals surface area contributed by atoms with Crippen molar-refractivity contribution >= 4 is 17.3 Å². The van der Waals surface area contributed by atoms with Gasteiger partial charge in [-0.2, -0.15) is 0 Å². The Morgan fingerprint density at radius 2 is 1.84 bits per heavy atom. The van der Waals surface area contributed by atoms with Gasteiger partial charge in [0.15, 0.2) is 0 Å². The summed E-state index contributed by atoms with van der Waals surface area (Å²) in [6.45, 7) is 0.446. The number of benzene rings is 2. The first-order valence-corrected chi connectivity index (χ1v) is 6.16. The fourth-order valence-electron chi connectivity index (χ4n) is 2.08. The SMILES string of the molecule is Fc1ccc(C2CNc3cc(F)ccc3O2)c(Cl)c1. The Morgan fingerprint density at radius 1 is 1.11 bits per heavy atom. The van der Waals surface area contributed by atoms with Crippen LogP contribution in [0.2, 0.25) is 5.02 Å². The molecular formula is C14H10ClF2NO. The van der Waals surface area contributed by atoms with E-state index in [1.165, 1.54) is 24.3 Å². The quantitative estimate of drug-likeness (QED) is 0.847. The average molecular weight is 282 g/mol. The van der Waals surface area contributed by atoms with E-state index >= 15 is 0 Å². The van der Waals surface area contributed by atoms with Crippen molar-refractivity contribution in [2.75, 3.05) is 11.9 Å². The standard InChI is InChI=1S/C14H10ClF2NO/c15-11-5-8(16)1-3-10(11)14-7-18-12-6-9(17)2-4-13(12)19-14/h1-6,14,18H,7H2. The van der Waals surface area contributed by atoms with Crippen molar-refractivity contribution in [1.82, 2.24) is 0 Å². The van der Waals surface area contributed by atoms with E-state index in [1.54, 1.807) is 12.1 Å². The normalized spacial score (nSPS) is 17.3. The summed E-state index contributed by atoms with van der Waals surface area (Å²) in [5.41, 5.74) is 1.31. The number of fused-ring (bicyclic) bond motifs is 1. The predicted molar refractivity (Wildman–Crippen MR) is 69.7 cm³/mol. The van der Waals surface area contributed by atoms with E-state index in [2.05, 4.69) is 5.32 Å². The molecule has 0 aliphatic carbocycles. The molecule has 0 fully saturated rings. The van der Waals surface area contributed by atoms with Crippen LogP contribution in [-0.4, -0.2) is 6.54 Å². The van der Waals surface area contributed by atoms with Gasteiger partial charge in [-0.25, -0.2) is 8.78 Å². The highest BCUT2D eigenvalue weighted by Gasteiger charge is 2.23. The fraction of sp³-hybridized carbons (Fsp3) is 0.143. The maximum atomic E-state index is 13.1. The number of hydrogen-bond acceptors (Lipinski definition) is 2. The van der Waals surface area contributed by atoms with Crippen LogP contribution in [-0.2, 0) is 0 Å². The number of anilines is 1. The summed E-state index contributed by atoms with van der Waals surface area (Å²) in [7, 11) is 0. The van der Waals surface area contributed by atoms with Gasteiger partial charge >= 0.3 is 0 Å². The maximum Gasteiger partial charge on any atom is 0.143 e.